The fraction of sp³-hybridized carbons (Fsp3) is 0.786. The van der Waals surface area contributed by atoms with Crippen LogP contribution in [0, 0.1) is 5.92 Å². The molecule has 1 atom stereocenters. The van der Waals surface area contributed by atoms with Gasteiger partial charge in [0.15, 0.2) is 0 Å². The van der Waals surface area contributed by atoms with Crippen LogP contribution < -0.4 is 0 Å². The summed E-state index contributed by atoms with van der Waals surface area (Å²) in [6.45, 7) is 8.72. The number of ether oxygens (including phenoxy) is 1. The summed E-state index contributed by atoms with van der Waals surface area (Å²) >= 11 is 0. The third-order valence-electron chi connectivity index (χ3n) is 3.19. The van der Waals surface area contributed by atoms with Crippen molar-refractivity contribution in [3.8, 4) is 0 Å². The van der Waals surface area contributed by atoms with Gasteiger partial charge in [-0.15, -0.1) is 0 Å². The Morgan fingerprint density at radius 1 is 1.16 bits per heavy atom. The first-order chi connectivity index (χ1) is 8.63. The second-order valence-electron chi connectivity index (χ2n) is 6.08. The Morgan fingerprint density at radius 3 is 2.11 bits per heavy atom. The van der Waals surface area contributed by atoms with E-state index in [1.165, 1.54) is 18.7 Å². The molecule has 1 aliphatic rings. The van der Waals surface area contributed by atoms with Crippen molar-refractivity contribution in [1.82, 2.24) is 4.90 Å². The van der Waals surface area contributed by atoms with Crippen LogP contribution in [-0.2, 0) is 14.3 Å². The van der Waals surface area contributed by atoms with E-state index >= 15 is 0 Å². The highest BCUT2D eigenvalue weighted by atomic mass is 16.6. The number of ketones is 2. The molecule has 5 nitrogen and oxygen atoms in total. The summed E-state index contributed by atoms with van der Waals surface area (Å²) in [6.07, 6.45) is 1.02. The molecule has 0 spiro atoms. The van der Waals surface area contributed by atoms with Crippen LogP contribution in [0.1, 0.15) is 47.5 Å². The normalized spacial score (nSPS) is 19.7. The molecule has 1 rings (SSSR count). The topological polar surface area (TPSA) is 63.7 Å². The molecular formula is C14H23NO4. The van der Waals surface area contributed by atoms with E-state index in [9.17, 15) is 14.4 Å². The Labute approximate surface area is 114 Å². The van der Waals surface area contributed by atoms with E-state index in [1.54, 1.807) is 20.8 Å². The molecule has 0 radical (unpaired) electrons. The zero-order valence-corrected chi connectivity index (χ0v) is 12.4. The maximum absolute atomic E-state index is 12.1. The van der Waals surface area contributed by atoms with Gasteiger partial charge in [0.2, 0.25) is 0 Å². The number of hydrogen-bond acceptors (Lipinski definition) is 4. The Hall–Kier alpha value is -1.39. The highest BCUT2D eigenvalue weighted by molar-refractivity contribution is 6.01. The van der Waals surface area contributed by atoms with Crippen molar-refractivity contribution < 1.29 is 19.1 Å². The average molecular weight is 269 g/mol. The molecule has 0 saturated carbocycles. The highest BCUT2D eigenvalue weighted by Crippen LogP contribution is 2.27. The molecule has 1 saturated heterocycles. The van der Waals surface area contributed by atoms with Crippen LogP contribution in [0.2, 0.25) is 0 Å². The van der Waals surface area contributed by atoms with Gasteiger partial charge in [0.25, 0.3) is 0 Å². The van der Waals surface area contributed by atoms with Crippen LogP contribution in [0.5, 0.6) is 0 Å². The summed E-state index contributed by atoms with van der Waals surface area (Å²) in [5.41, 5.74) is -0.577. The number of carbonyl (C=O) groups is 3. The number of carbonyl (C=O) groups excluding carboxylic acids is 3. The lowest BCUT2D eigenvalue weighted by atomic mass is 9.90. The molecule has 1 aliphatic heterocycles. The zero-order chi connectivity index (χ0) is 14.8. The summed E-state index contributed by atoms with van der Waals surface area (Å²) in [5, 5.41) is 0. The second kappa shape index (κ2) is 5.72. The van der Waals surface area contributed by atoms with Crippen molar-refractivity contribution in [2.24, 2.45) is 5.92 Å². The predicted octanol–water partition coefficient (Wildman–Crippen LogP) is 2.18. The molecule has 1 heterocycles. The molecule has 1 amide bonds. The van der Waals surface area contributed by atoms with Gasteiger partial charge in [-0.2, -0.15) is 0 Å². The smallest absolute Gasteiger partial charge is 0.410 e. The van der Waals surface area contributed by atoms with Gasteiger partial charge in [-0.1, -0.05) is 0 Å². The lowest BCUT2D eigenvalue weighted by molar-refractivity contribution is -0.132. The van der Waals surface area contributed by atoms with Crippen molar-refractivity contribution in [1.29, 1.82) is 0 Å². The Balaban J connectivity index is 2.86. The molecule has 108 valence electrons. The van der Waals surface area contributed by atoms with E-state index in [1.807, 2.05) is 0 Å². The molecule has 0 N–H and O–H groups in total. The molecule has 0 aliphatic carbocycles. The van der Waals surface area contributed by atoms with E-state index in [-0.39, 0.29) is 17.6 Å². The van der Waals surface area contributed by atoms with Crippen LogP contribution in [0.25, 0.3) is 0 Å². The van der Waals surface area contributed by atoms with E-state index in [0.29, 0.717) is 13.0 Å². The van der Waals surface area contributed by atoms with E-state index in [2.05, 4.69) is 0 Å². The van der Waals surface area contributed by atoms with Gasteiger partial charge >= 0.3 is 6.09 Å². The van der Waals surface area contributed by atoms with E-state index in [0.717, 1.165) is 6.42 Å². The van der Waals surface area contributed by atoms with Crippen LogP contribution in [0.4, 0.5) is 4.79 Å². The first-order valence-corrected chi connectivity index (χ1v) is 6.64. The fourth-order valence-corrected chi connectivity index (χ4v) is 2.51. The first kappa shape index (κ1) is 15.7. The van der Waals surface area contributed by atoms with Crippen molar-refractivity contribution in [2.75, 3.05) is 6.54 Å². The maximum Gasteiger partial charge on any atom is 0.410 e. The van der Waals surface area contributed by atoms with Crippen molar-refractivity contribution >= 4 is 17.7 Å². The summed E-state index contributed by atoms with van der Waals surface area (Å²) in [7, 11) is 0. The van der Waals surface area contributed by atoms with Gasteiger partial charge < -0.3 is 9.64 Å². The number of amides is 1. The molecule has 0 bridgehead atoms. The number of Topliss-reactive ketones (excluding diaryl/α,β-unsaturated/α-hetero) is 2. The average Bonchev–Trinajstić information content (AvgIpc) is 2.62. The van der Waals surface area contributed by atoms with Gasteiger partial charge in [0, 0.05) is 6.54 Å². The standard InChI is InChI=1S/C14H23NO4/c1-9(16)12(10(2)17)11-7-6-8-15(11)13(18)19-14(3,4)5/h11-12H,6-8H2,1-5H3/t11-/m0/s1. The zero-order valence-electron chi connectivity index (χ0n) is 12.4. The first-order valence-electron chi connectivity index (χ1n) is 6.64. The van der Waals surface area contributed by atoms with Gasteiger partial charge in [0.05, 0.1) is 12.0 Å². The maximum atomic E-state index is 12.1. The molecule has 0 aromatic heterocycles. The minimum atomic E-state index is -0.727. The van der Waals surface area contributed by atoms with E-state index in [4.69, 9.17) is 4.74 Å². The molecule has 0 unspecified atom stereocenters. The number of nitrogens with zero attached hydrogens (tertiary/aromatic N) is 1. The fourth-order valence-electron chi connectivity index (χ4n) is 2.51. The molecule has 1 fully saturated rings. The molecular weight excluding hydrogens is 246 g/mol. The van der Waals surface area contributed by atoms with Crippen LogP contribution in [0.15, 0.2) is 0 Å². The second-order valence-corrected chi connectivity index (χ2v) is 6.08. The number of rotatable bonds is 3. The van der Waals surface area contributed by atoms with Crippen molar-refractivity contribution in [3.05, 3.63) is 0 Å². The Kier molecular flexibility index (Phi) is 4.71. The molecule has 19 heavy (non-hydrogen) atoms. The summed E-state index contributed by atoms with van der Waals surface area (Å²) in [5.74, 6) is -1.10. The number of likely N-dealkylation sites (tertiary alicyclic amines) is 1. The number of hydrogen-bond donors (Lipinski definition) is 0. The largest absolute Gasteiger partial charge is 0.444 e. The molecule has 0 aromatic rings. The lowest BCUT2D eigenvalue weighted by Crippen LogP contribution is -2.46. The molecule has 5 heteroatoms. The van der Waals surface area contributed by atoms with Crippen molar-refractivity contribution in [2.45, 2.75) is 59.1 Å². The third kappa shape index (κ3) is 4.04. The lowest BCUT2D eigenvalue weighted by Gasteiger charge is -2.31. The summed E-state index contributed by atoms with van der Waals surface area (Å²) in [6, 6.07) is -0.357. The van der Waals surface area contributed by atoms with Crippen LogP contribution >= 0.6 is 0 Å². The summed E-state index contributed by atoms with van der Waals surface area (Å²) < 4.78 is 5.33. The van der Waals surface area contributed by atoms with Crippen LogP contribution in [0.3, 0.4) is 0 Å². The van der Waals surface area contributed by atoms with Crippen LogP contribution in [-0.4, -0.2) is 40.7 Å². The van der Waals surface area contributed by atoms with Gasteiger partial charge in [-0.25, -0.2) is 4.79 Å². The Morgan fingerprint density at radius 2 is 1.68 bits per heavy atom. The predicted molar refractivity (Wildman–Crippen MR) is 70.8 cm³/mol. The monoisotopic (exact) mass is 269 g/mol. The highest BCUT2D eigenvalue weighted by Gasteiger charge is 2.40. The van der Waals surface area contributed by atoms with E-state index < -0.39 is 17.6 Å². The van der Waals surface area contributed by atoms with Gasteiger partial charge in [-0.05, 0) is 47.5 Å². The Bertz CT molecular complexity index is 369. The van der Waals surface area contributed by atoms with Crippen molar-refractivity contribution in [3.63, 3.8) is 0 Å². The van der Waals surface area contributed by atoms with Gasteiger partial charge in [0.1, 0.15) is 17.2 Å². The quantitative estimate of drug-likeness (QED) is 0.737. The minimum Gasteiger partial charge on any atom is -0.444 e. The molecule has 0 aromatic carbocycles. The third-order valence-corrected chi connectivity index (χ3v) is 3.19. The van der Waals surface area contributed by atoms with Gasteiger partial charge in [-0.3, -0.25) is 9.59 Å². The minimum absolute atomic E-state index is 0.187. The SMILES string of the molecule is CC(=O)C(C(C)=O)[C@@H]1CCCN1C(=O)OC(C)(C)C. The summed E-state index contributed by atoms with van der Waals surface area (Å²) in [4.78, 5) is 36.9.